The van der Waals surface area contributed by atoms with Crippen molar-refractivity contribution < 1.29 is 5.76 Å². The molecule has 0 saturated heterocycles. The van der Waals surface area contributed by atoms with E-state index >= 15 is 0 Å². The fraction of sp³-hybridized carbons (Fsp3) is 0. The van der Waals surface area contributed by atoms with E-state index in [2.05, 4.69) is 11.6 Å². The van der Waals surface area contributed by atoms with Gasteiger partial charge in [-0.2, -0.15) is 0 Å². The molecule has 0 bridgehead atoms. The van der Waals surface area contributed by atoms with Gasteiger partial charge < -0.3 is 0 Å². The summed E-state index contributed by atoms with van der Waals surface area (Å²) in [6.45, 7) is 0. The SMILES string of the molecule is [2H]/C(F)=C\[37Cl]. The van der Waals surface area contributed by atoms with Gasteiger partial charge in [-0.25, -0.2) is 4.39 Å². The van der Waals surface area contributed by atoms with Crippen molar-refractivity contribution in [2.45, 2.75) is 0 Å². The minimum Gasteiger partial charge on any atom is -0.215 e. The van der Waals surface area contributed by atoms with Gasteiger partial charge in [0.15, 0.2) is 0 Å². The number of rotatable bonds is 0. The molecule has 0 fully saturated rings. The molecular formula is C2H2ClF. The van der Waals surface area contributed by atoms with Crippen molar-refractivity contribution in [3.8, 4) is 0 Å². The molecule has 0 aromatic carbocycles. The topological polar surface area (TPSA) is 0 Å². The molecule has 0 unspecified atom stereocenters. The van der Waals surface area contributed by atoms with Crippen LogP contribution in [0.4, 0.5) is 4.39 Å². The van der Waals surface area contributed by atoms with Crippen LogP contribution in [0.2, 0.25) is 0 Å². The van der Waals surface area contributed by atoms with Crippen molar-refractivity contribution >= 4 is 11.6 Å². The number of hydrogen-bond acceptors (Lipinski definition) is 0. The predicted molar refractivity (Wildman–Crippen MR) is 16.1 cm³/mol. The molecule has 0 rings (SSSR count). The molecule has 0 atom stereocenters. The lowest BCUT2D eigenvalue weighted by Gasteiger charge is -1.43. The van der Waals surface area contributed by atoms with Crippen molar-refractivity contribution in [1.29, 1.82) is 0 Å². The Morgan fingerprint density at radius 3 is 2.50 bits per heavy atom. The summed E-state index contributed by atoms with van der Waals surface area (Å²) in [7, 11) is 0. The first-order valence-corrected chi connectivity index (χ1v) is 1.13. The monoisotopic (exact) mass is 83.0 g/mol. The maximum absolute atomic E-state index is 10.8. The van der Waals surface area contributed by atoms with E-state index in [4.69, 9.17) is 1.37 Å². The van der Waals surface area contributed by atoms with Crippen LogP contribution < -0.4 is 0 Å². The smallest absolute Gasteiger partial charge is 0.0979 e. The minimum atomic E-state index is -1.10. The van der Waals surface area contributed by atoms with Gasteiger partial charge in [-0.1, -0.05) is 11.6 Å². The average Bonchev–Trinajstić information content (AvgIpc) is 1.38. The van der Waals surface area contributed by atoms with Crippen LogP contribution in [-0.2, 0) is 0 Å². The summed E-state index contributed by atoms with van der Waals surface area (Å²) in [5.41, 5.74) is 0.556. The van der Waals surface area contributed by atoms with Gasteiger partial charge in [0.1, 0.15) is 0 Å². The third kappa shape index (κ3) is 1.96. The molecule has 0 saturated carbocycles. The summed E-state index contributed by atoms with van der Waals surface area (Å²) in [5, 5.41) is 0. The standard InChI is InChI=1S/C2H2ClF/c3-1-2-4/h1-2H/b2-1+/i2D,3+2. The highest BCUT2D eigenvalue weighted by molar-refractivity contribution is 6.25. The number of hydrogen-bond donors (Lipinski definition) is 0. The molecule has 0 aromatic rings. The average molecular weight is 83.0 g/mol. The molecule has 0 aliphatic carbocycles. The molecule has 0 nitrogen and oxygen atoms in total. The molecule has 0 N–H and O–H groups in total. The van der Waals surface area contributed by atoms with Crippen molar-refractivity contribution in [3.63, 3.8) is 0 Å². The Morgan fingerprint density at radius 1 is 2.25 bits per heavy atom. The van der Waals surface area contributed by atoms with Crippen LogP contribution in [0.1, 0.15) is 1.37 Å². The molecule has 0 aliphatic heterocycles. The summed E-state index contributed by atoms with van der Waals surface area (Å²) in [5.74, 6) is 0. The van der Waals surface area contributed by atoms with E-state index in [1.165, 1.54) is 0 Å². The first-order chi connectivity index (χ1) is 2.27. The van der Waals surface area contributed by atoms with E-state index in [-0.39, 0.29) is 0 Å². The minimum absolute atomic E-state index is 0.556. The molecule has 0 aromatic heterocycles. The summed E-state index contributed by atoms with van der Waals surface area (Å²) in [6, 6.07) is 0. The van der Waals surface area contributed by atoms with Crippen molar-refractivity contribution in [2.24, 2.45) is 0 Å². The zero-order chi connectivity index (χ0) is 4.28. The van der Waals surface area contributed by atoms with Crippen LogP contribution in [0, 0.1) is 0 Å². The Hall–Kier alpha value is -0.0400. The van der Waals surface area contributed by atoms with Gasteiger partial charge in [0.2, 0.25) is 0 Å². The fourth-order valence-electron chi connectivity index (χ4n) is 0. The van der Waals surface area contributed by atoms with Crippen LogP contribution in [0.15, 0.2) is 11.8 Å². The van der Waals surface area contributed by atoms with E-state index in [1.54, 1.807) is 0 Å². The second kappa shape index (κ2) is 2.96. The third-order valence-electron chi connectivity index (χ3n) is 0.0412. The van der Waals surface area contributed by atoms with E-state index in [1.807, 2.05) is 0 Å². The second-order valence-corrected chi connectivity index (χ2v) is 0.436. The fourth-order valence-corrected chi connectivity index (χ4v) is 0. The molecule has 4 heavy (non-hydrogen) atoms. The Labute approximate surface area is 30.3 Å². The maximum Gasteiger partial charge on any atom is 0.0979 e. The van der Waals surface area contributed by atoms with Gasteiger partial charge >= 0.3 is 0 Å². The van der Waals surface area contributed by atoms with Crippen LogP contribution in [0.3, 0.4) is 0 Å². The normalized spacial score (nSPS) is 15.5. The maximum atomic E-state index is 10.8. The molecular weight excluding hydrogens is 80.0 g/mol. The van der Waals surface area contributed by atoms with Crippen molar-refractivity contribution in [1.82, 2.24) is 0 Å². The van der Waals surface area contributed by atoms with Crippen LogP contribution in [-0.4, -0.2) is 0 Å². The first kappa shape index (κ1) is 2.21. The van der Waals surface area contributed by atoms with Gasteiger partial charge in [-0.05, 0) is 0 Å². The second-order valence-electron chi connectivity index (χ2n) is 0.218. The van der Waals surface area contributed by atoms with Gasteiger partial charge in [0.05, 0.1) is 7.68 Å². The summed E-state index contributed by atoms with van der Waals surface area (Å²) >= 11 is 4.61. The third-order valence-corrected chi connectivity index (χ3v) is 0.124. The molecule has 0 spiro atoms. The largest absolute Gasteiger partial charge is 0.215 e. The molecule has 24 valence electrons. The Morgan fingerprint density at radius 2 is 2.50 bits per heavy atom. The van der Waals surface area contributed by atoms with Crippen LogP contribution in [0.5, 0.6) is 0 Å². The van der Waals surface area contributed by atoms with Crippen molar-refractivity contribution in [3.05, 3.63) is 11.8 Å². The van der Waals surface area contributed by atoms with E-state index in [0.717, 1.165) is 0 Å². The van der Waals surface area contributed by atoms with Crippen LogP contribution in [0.25, 0.3) is 0 Å². The van der Waals surface area contributed by atoms with Crippen molar-refractivity contribution in [2.75, 3.05) is 0 Å². The van der Waals surface area contributed by atoms with Crippen LogP contribution >= 0.6 is 11.6 Å². The summed E-state index contributed by atoms with van der Waals surface area (Å²) in [6.07, 6.45) is -1.10. The lowest BCUT2D eigenvalue weighted by atomic mass is 11.2. The molecule has 0 amide bonds. The molecule has 0 aliphatic rings. The van der Waals surface area contributed by atoms with Gasteiger partial charge in [0, 0.05) is 5.54 Å². The lowest BCUT2D eigenvalue weighted by molar-refractivity contribution is 0.723. The van der Waals surface area contributed by atoms with Gasteiger partial charge in [-0.3, -0.25) is 0 Å². The highest BCUT2D eigenvalue weighted by Gasteiger charge is 1.41. The van der Waals surface area contributed by atoms with E-state index < -0.39 is 6.31 Å². The first-order valence-electron chi connectivity index (χ1n) is 1.20. The Balaban J connectivity index is 3.14. The predicted octanol–water partition coefficient (Wildman–Crippen LogP) is 1.67. The van der Waals surface area contributed by atoms with Gasteiger partial charge in [-0.15, -0.1) is 0 Å². The lowest BCUT2D eigenvalue weighted by Crippen LogP contribution is -1.14. The van der Waals surface area contributed by atoms with E-state index in [0.29, 0.717) is 5.54 Å². The quantitative estimate of drug-likeness (QED) is 0.417. The highest BCUT2D eigenvalue weighted by atomic mass is 37.0. The number of halogens is 2. The van der Waals surface area contributed by atoms with Gasteiger partial charge in [0.25, 0.3) is 0 Å². The Bertz CT molecular complexity index is 47.6. The zero-order valence-electron chi connectivity index (χ0n) is 2.83. The molecule has 0 radical (unpaired) electrons. The van der Waals surface area contributed by atoms with E-state index in [9.17, 15) is 4.39 Å². The highest BCUT2D eigenvalue weighted by Crippen LogP contribution is 1.73. The summed E-state index contributed by atoms with van der Waals surface area (Å²) < 4.78 is 16.7. The summed E-state index contributed by atoms with van der Waals surface area (Å²) in [4.78, 5) is 0. The zero-order valence-corrected chi connectivity index (χ0v) is 2.59. The molecule has 0 heterocycles. The Kier molecular flexibility index (Phi) is 1.64. The molecule has 2 heteroatoms.